The van der Waals surface area contributed by atoms with Gasteiger partial charge in [-0.2, -0.15) is 12.1 Å². The van der Waals surface area contributed by atoms with Gasteiger partial charge in [-0.25, -0.2) is 4.98 Å². The second kappa shape index (κ2) is 21.1. The molecular weight excluding hydrogens is 1200 g/mol. The van der Waals surface area contributed by atoms with E-state index in [9.17, 15) is 6.85 Å². The van der Waals surface area contributed by atoms with Crippen LogP contribution >= 0.6 is 0 Å². The van der Waals surface area contributed by atoms with E-state index in [4.69, 9.17) is 13.8 Å². The Balaban J connectivity index is 0.00000867. The quantitative estimate of drug-likeness (QED) is 0.142. The van der Waals surface area contributed by atoms with E-state index in [2.05, 4.69) is 181 Å². The molecule has 0 saturated carbocycles. The Morgan fingerprint density at radius 2 is 1.10 bits per heavy atom. The van der Waals surface area contributed by atoms with Crippen molar-refractivity contribution in [3.8, 4) is 50.7 Å². The predicted octanol–water partition coefficient (Wildman–Crippen LogP) is 21.5. The Bertz CT molecular complexity index is 4590. The number of ether oxygens (including phenoxy) is 1. The van der Waals surface area contributed by atoms with E-state index in [0.717, 1.165) is 57.6 Å². The molecule has 0 radical (unpaired) electrons. The fourth-order valence-electron chi connectivity index (χ4n) is 11.9. The van der Waals surface area contributed by atoms with Crippen molar-refractivity contribution in [3.05, 3.63) is 222 Å². The van der Waals surface area contributed by atoms with Gasteiger partial charge >= 0.3 is 0 Å². The second-order valence-corrected chi connectivity index (χ2v) is 28.4. The maximum Gasteiger partial charge on any atom is 0.135 e. The Labute approximate surface area is 526 Å². The summed E-state index contributed by atoms with van der Waals surface area (Å²) in [4.78, 5) is 8.96. The molecule has 6 heteroatoms. The molecular formula is C78H81N4OPt-3. The number of hydrogen-bond acceptors (Lipinski definition) is 4. The molecule has 0 spiro atoms. The topological polar surface area (TPSA) is 33.5 Å². The maximum atomic E-state index is 10.2. The molecule has 1 aliphatic heterocycles. The van der Waals surface area contributed by atoms with Crippen LogP contribution in [-0.2, 0) is 53.6 Å². The average molecular weight is 1290 g/mol. The van der Waals surface area contributed by atoms with Crippen molar-refractivity contribution in [2.24, 2.45) is 0 Å². The average Bonchev–Trinajstić information content (AvgIpc) is 1.35. The summed E-state index contributed by atoms with van der Waals surface area (Å²) in [5.74, 6) is 1.18. The van der Waals surface area contributed by atoms with Crippen LogP contribution in [0.4, 0.5) is 22.7 Å². The molecule has 0 unspecified atom stereocenters. The normalized spacial score (nSPS) is 16.4. The van der Waals surface area contributed by atoms with Gasteiger partial charge in [0.2, 0.25) is 0 Å². The van der Waals surface area contributed by atoms with Gasteiger partial charge in [0.25, 0.3) is 0 Å². The van der Waals surface area contributed by atoms with Gasteiger partial charge < -0.3 is 19.1 Å². The van der Waals surface area contributed by atoms with E-state index >= 15 is 0 Å². The summed E-state index contributed by atoms with van der Waals surface area (Å²) >= 11 is 0. The number of fused-ring (bicyclic) bond motifs is 5. The monoisotopic (exact) mass is 1290 g/mol. The molecule has 0 amide bonds. The van der Waals surface area contributed by atoms with E-state index in [1.165, 1.54) is 11.1 Å². The van der Waals surface area contributed by atoms with Gasteiger partial charge in [-0.3, -0.25) is 0 Å². The third kappa shape index (κ3) is 10.8. The van der Waals surface area contributed by atoms with Crippen molar-refractivity contribution < 1.29 is 36.8 Å². The molecule has 0 bridgehead atoms. The van der Waals surface area contributed by atoms with Crippen LogP contribution in [0.25, 0.3) is 61.0 Å². The number of para-hydroxylation sites is 3. The van der Waals surface area contributed by atoms with E-state index < -0.39 is 5.41 Å². The first-order valence-corrected chi connectivity index (χ1v) is 29.2. The Morgan fingerprint density at radius 1 is 0.512 bits per heavy atom. The minimum Gasteiger partial charge on any atom is -0.509 e. The van der Waals surface area contributed by atoms with Gasteiger partial charge in [-0.05, 0) is 149 Å². The third-order valence-corrected chi connectivity index (χ3v) is 17.2. The van der Waals surface area contributed by atoms with Crippen LogP contribution in [0.15, 0.2) is 170 Å². The molecule has 2 aromatic heterocycles. The van der Waals surface area contributed by atoms with Gasteiger partial charge in [-0.1, -0.05) is 207 Å². The van der Waals surface area contributed by atoms with Crippen LogP contribution in [0.2, 0.25) is 0 Å². The van der Waals surface area contributed by atoms with Crippen molar-refractivity contribution in [2.45, 2.75) is 156 Å². The molecule has 8 aromatic carbocycles. The third-order valence-electron chi connectivity index (χ3n) is 17.2. The summed E-state index contributed by atoms with van der Waals surface area (Å²) in [5.41, 5.74) is 12.6. The minimum atomic E-state index is -0.418. The van der Waals surface area contributed by atoms with Gasteiger partial charge in [0.05, 0.1) is 11.0 Å². The number of anilines is 4. The Hall–Kier alpha value is -7.20. The number of nitrogens with zero attached hydrogens (tertiary/aromatic N) is 4. The van der Waals surface area contributed by atoms with Crippen LogP contribution in [0.5, 0.6) is 11.5 Å². The zero-order valence-corrected chi connectivity index (χ0v) is 53.8. The van der Waals surface area contributed by atoms with Crippen molar-refractivity contribution in [1.29, 1.82) is 0 Å². The number of pyridine rings is 1. The van der Waals surface area contributed by atoms with Crippen molar-refractivity contribution in [1.82, 2.24) is 9.55 Å². The van der Waals surface area contributed by atoms with Gasteiger partial charge in [-0.15, -0.1) is 48.1 Å². The number of rotatable bonds is 8. The van der Waals surface area contributed by atoms with Gasteiger partial charge in [0.15, 0.2) is 0 Å². The summed E-state index contributed by atoms with van der Waals surface area (Å²) in [7, 11) is 0. The molecule has 2 aliphatic rings. The molecule has 12 rings (SSSR count). The second-order valence-electron chi connectivity index (χ2n) is 28.4. The number of benzene rings is 8. The largest absolute Gasteiger partial charge is 0.509 e. The van der Waals surface area contributed by atoms with Crippen molar-refractivity contribution >= 4 is 44.6 Å². The summed E-state index contributed by atoms with van der Waals surface area (Å²) in [6.45, 7) is 37.1. The zero-order chi connectivity index (χ0) is 65.7. The first-order valence-electron chi connectivity index (χ1n) is 33.2. The SMILES string of the molecule is [2H]c1c([2H])c(-c2cc(C(C)(C)C)cc(-c3ccc4c(c3)C(C)(C)CCC4(C)C)c2N2[CH-]N(c3[c-]c(Oc4[c-]c5c(cc4)c4c([2H])c([2H])c([2H])c([2H])c4n5-c4cc(C(C)(C)C)ccn4)ccc3)c3ccccc32)c([2H])c([2H])c1-c1cc(C(C)(C)C)cc(C(C)(C)C)c1.[Pt]. The van der Waals surface area contributed by atoms with Crippen LogP contribution in [-0.4, -0.2) is 9.55 Å². The summed E-state index contributed by atoms with van der Waals surface area (Å²) < 4.78 is 84.7. The van der Waals surface area contributed by atoms with Crippen LogP contribution in [0.3, 0.4) is 0 Å². The van der Waals surface area contributed by atoms with E-state index in [1.54, 1.807) is 16.8 Å². The molecule has 0 saturated heterocycles. The van der Waals surface area contributed by atoms with Crippen molar-refractivity contribution in [2.75, 3.05) is 9.80 Å². The van der Waals surface area contributed by atoms with E-state index in [0.29, 0.717) is 61.6 Å². The Kier molecular flexibility index (Phi) is 12.3. The molecule has 0 N–H and O–H groups in total. The maximum absolute atomic E-state index is 10.2. The van der Waals surface area contributed by atoms with Crippen LogP contribution in [0.1, 0.15) is 168 Å². The zero-order valence-electron chi connectivity index (χ0n) is 59.6. The standard InChI is InChI=1S/C78H81N4O.Pt/c1-73(2,3)54-36-39-79-71(46-54)82-67-25-18-17-24-61(67)62-34-33-60(48-70(62)82)83-59-23-21-22-58(47-59)80-49-81(69-27-20-19-26-68(69)80)72-63(51-30-28-50(29-31-51)53-40-55(74(4,5)6)43-56(41-53)75(7,8)9)44-57(76(10,11)12)45-64(72)52-32-35-65-66(42-52)78(15,16)38-37-77(65,13)14;/h17-36,39-46,49H,37-38H2,1-16H3;/q-3;/i17D,18D,24D,25D,28D,29D,30D,31D;. The van der Waals surface area contributed by atoms with E-state index in [1.807, 2.05) is 67.3 Å². The molecule has 5 nitrogen and oxygen atoms in total. The number of aromatic nitrogens is 2. The molecule has 84 heavy (non-hydrogen) atoms. The molecule has 0 fully saturated rings. The molecule has 432 valence electrons. The van der Waals surface area contributed by atoms with Crippen LogP contribution < -0.4 is 14.5 Å². The predicted molar refractivity (Wildman–Crippen MR) is 351 cm³/mol. The van der Waals surface area contributed by atoms with Crippen LogP contribution in [0, 0.1) is 18.8 Å². The van der Waals surface area contributed by atoms with Gasteiger partial charge in [0, 0.05) is 72.5 Å². The first-order chi connectivity index (χ1) is 42.5. The summed E-state index contributed by atoms with van der Waals surface area (Å²) in [5, 5.41) is 0.929. The summed E-state index contributed by atoms with van der Waals surface area (Å²) in [6.07, 6.45) is 3.80. The first kappa shape index (κ1) is 49.1. The Morgan fingerprint density at radius 3 is 1.75 bits per heavy atom. The molecule has 1 aliphatic carbocycles. The summed E-state index contributed by atoms with van der Waals surface area (Å²) in [6, 6.07) is 44.3. The fraction of sp³-hybridized carbons (Fsp3) is 0.308. The van der Waals surface area contributed by atoms with Gasteiger partial charge in [0.1, 0.15) is 5.82 Å². The van der Waals surface area contributed by atoms with Crippen molar-refractivity contribution in [3.63, 3.8) is 0 Å². The number of hydrogen-bond donors (Lipinski definition) is 0. The smallest absolute Gasteiger partial charge is 0.135 e. The molecule has 0 atom stereocenters. The minimum absolute atomic E-state index is 0. The molecule has 3 heterocycles. The molecule has 10 aromatic rings. The fourth-order valence-corrected chi connectivity index (χ4v) is 11.9. The van der Waals surface area contributed by atoms with E-state index in [-0.39, 0.29) is 108 Å².